The summed E-state index contributed by atoms with van der Waals surface area (Å²) in [6.45, 7) is -0.387. The van der Waals surface area contributed by atoms with Crippen LogP contribution in [0.4, 0.5) is 5.69 Å². The second-order valence-corrected chi connectivity index (χ2v) is 11.9. The maximum absolute atomic E-state index is 13.5. The highest BCUT2D eigenvalue weighted by Crippen LogP contribution is 2.30. The molecular formula is C26H22Cl2N2O5S2. The number of esters is 1. The zero-order valence-electron chi connectivity index (χ0n) is 19.6. The molecule has 4 rings (SSSR count). The van der Waals surface area contributed by atoms with Gasteiger partial charge in [-0.2, -0.15) is 4.31 Å². The van der Waals surface area contributed by atoms with Gasteiger partial charge in [0, 0.05) is 22.0 Å². The van der Waals surface area contributed by atoms with Crippen molar-refractivity contribution in [2.45, 2.75) is 11.3 Å². The van der Waals surface area contributed by atoms with E-state index in [1.807, 2.05) is 30.3 Å². The molecule has 0 radical (unpaired) electrons. The summed E-state index contributed by atoms with van der Waals surface area (Å²) in [5, 5.41) is 3.73. The fraction of sp³-hybridized carbons (Fsp3) is 0.154. The highest BCUT2D eigenvalue weighted by atomic mass is 35.5. The number of amides is 1. The van der Waals surface area contributed by atoms with Gasteiger partial charge in [0.15, 0.2) is 0 Å². The lowest BCUT2D eigenvalue weighted by atomic mass is 10.1. The first kappa shape index (κ1) is 27.1. The number of benzene rings is 3. The van der Waals surface area contributed by atoms with Gasteiger partial charge in [-0.05, 0) is 59.8 Å². The average Bonchev–Trinajstić information content (AvgIpc) is 3.31. The Balaban J connectivity index is 1.57. The normalized spacial score (nSPS) is 11.6. The first-order valence-electron chi connectivity index (χ1n) is 11.1. The van der Waals surface area contributed by atoms with E-state index in [4.69, 9.17) is 27.9 Å². The summed E-state index contributed by atoms with van der Waals surface area (Å²) in [6.07, 6.45) is 0.392. The molecule has 1 amide bonds. The molecule has 0 fully saturated rings. The zero-order valence-corrected chi connectivity index (χ0v) is 22.8. The second kappa shape index (κ2) is 11.6. The van der Waals surface area contributed by atoms with Gasteiger partial charge in [-0.3, -0.25) is 4.79 Å². The molecule has 0 aliphatic carbocycles. The number of thiophene rings is 1. The average molecular weight is 578 g/mol. The molecule has 0 atom stereocenters. The summed E-state index contributed by atoms with van der Waals surface area (Å²) >= 11 is 13.5. The molecule has 1 heterocycles. The van der Waals surface area contributed by atoms with Crippen molar-refractivity contribution in [2.24, 2.45) is 0 Å². The maximum Gasteiger partial charge on any atom is 0.348 e. The van der Waals surface area contributed by atoms with Gasteiger partial charge >= 0.3 is 5.97 Å². The number of halogens is 2. The maximum atomic E-state index is 13.5. The molecule has 0 saturated heterocycles. The van der Waals surface area contributed by atoms with Gasteiger partial charge in [-0.25, -0.2) is 13.2 Å². The van der Waals surface area contributed by atoms with Gasteiger partial charge in [0.05, 0.1) is 18.7 Å². The third-order valence-corrected chi connectivity index (χ3v) is 9.17. The van der Waals surface area contributed by atoms with Gasteiger partial charge in [-0.1, -0.05) is 53.5 Å². The number of fused-ring (bicyclic) bond motifs is 1. The fourth-order valence-corrected chi connectivity index (χ4v) is 6.78. The van der Waals surface area contributed by atoms with Gasteiger partial charge in [0.1, 0.15) is 9.77 Å². The van der Waals surface area contributed by atoms with Crippen molar-refractivity contribution in [2.75, 3.05) is 25.5 Å². The summed E-state index contributed by atoms with van der Waals surface area (Å²) in [6, 6.07) is 20.4. The van der Waals surface area contributed by atoms with Gasteiger partial charge < -0.3 is 10.1 Å². The molecule has 4 aromatic rings. The van der Waals surface area contributed by atoms with Crippen LogP contribution in [-0.4, -0.2) is 44.8 Å². The van der Waals surface area contributed by atoms with E-state index in [0.717, 1.165) is 20.0 Å². The standard InChI is InChI=1S/C26H22Cl2N2O5S2/c1-35-26(32)23-14-18-13-20(8-10-22(18)36-23)29-25(31)16-30(12-11-17-5-3-2-4-6-17)37(33,34)24-15-19(27)7-9-21(24)28/h2-10,13-15H,11-12,16H2,1H3,(H,29,31). The smallest absolute Gasteiger partial charge is 0.348 e. The number of rotatable bonds is 9. The Morgan fingerprint density at radius 1 is 1.00 bits per heavy atom. The SMILES string of the molecule is COC(=O)c1cc2cc(NC(=O)CN(CCc3ccccc3)S(=O)(=O)c3cc(Cl)ccc3Cl)ccc2s1. The van der Waals surface area contributed by atoms with E-state index in [-0.39, 0.29) is 21.5 Å². The summed E-state index contributed by atoms with van der Waals surface area (Å²) in [7, 11) is -2.84. The van der Waals surface area contributed by atoms with E-state index >= 15 is 0 Å². The topological polar surface area (TPSA) is 92.8 Å². The molecule has 1 N–H and O–H groups in total. The first-order valence-corrected chi connectivity index (χ1v) is 14.1. The van der Waals surface area contributed by atoms with Crippen molar-refractivity contribution in [3.8, 4) is 0 Å². The predicted octanol–water partition coefficient (Wildman–Crippen LogP) is 5.87. The molecule has 37 heavy (non-hydrogen) atoms. The second-order valence-electron chi connectivity index (χ2n) is 8.05. The monoisotopic (exact) mass is 576 g/mol. The Hall–Kier alpha value is -2.95. The predicted molar refractivity (Wildman–Crippen MR) is 147 cm³/mol. The minimum atomic E-state index is -4.15. The Morgan fingerprint density at radius 2 is 1.76 bits per heavy atom. The molecule has 0 spiro atoms. The number of carbonyl (C=O) groups is 2. The highest BCUT2D eigenvalue weighted by molar-refractivity contribution is 7.89. The quantitative estimate of drug-likeness (QED) is 0.252. The van der Waals surface area contributed by atoms with Crippen molar-refractivity contribution in [3.63, 3.8) is 0 Å². The largest absolute Gasteiger partial charge is 0.465 e. The summed E-state index contributed by atoms with van der Waals surface area (Å²) in [5.74, 6) is -0.969. The number of hydrogen-bond donors (Lipinski definition) is 1. The minimum Gasteiger partial charge on any atom is -0.465 e. The lowest BCUT2D eigenvalue weighted by molar-refractivity contribution is -0.116. The number of anilines is 1. The van der Waals surface area contributed by atoms with Crippen molar-refractivity contribution in [1.82, 2.24) is 4.31 Å². The van der Waals surface area contributed by atoms with Crippen molar-refractivity contribution in [1.29, 1.82) is 0 Å². The Kier molecular flexibility index (Phi) is 8.51. The van der Waals surface area contributed by atoms with Crippen LogP contribution in [0.1, 0.15) is 15.2 Å². The van der Waals surface area contributed by atoms with Crippen LogP contribution >= 0.6 is 34.5 Å². The number of carbonyl (C=O) groups excluding carboxylic acids is 2. The minimum absolute atomic E-state index is 0.0128. The van der Waals surface area contributed by atoms with E-state index in [0.29, 0.717) is 17.0 Å². The lowest BCUT2D eigenvalue weighted by Crippen LogP contribution is -2.39. The lowest BCUT2D eigenvalue weighted by Gasteiger charge is -2.22. The van der Waals surface area contributed by atoms with E-state index in [2.05, 4.69) is 5.32 Å². The molecule has 0 saturated carbocycles. The number of nitrogens with zero attached hydrogens (tertiary/aromatic N) is 1. The van der Waals surface area contributed by atoms with E-state index in [1.54, 1.807) is 24.3 Å². The van der Waals surface area contributed by atoms with Crippen LogP contribution in [0.25, 0.3) is 10.1 Å². The first-order chi connectivity index (χ1) is 17.7. The zero-order chi connectivity index (χ0) is 26.6. The van der Waals surface area contributed by atoms with Crippen LogP contribution in [0, 0.1) is 0 Å². The Morgan fingerprint density at radius 3 is 2.49 bits per heavy atom. The van der Waals surface area contributed by atoms with Crippen LogP contribution in [-0.2, 0) is 26.0 Å². The van der Waals surface area contributed by atoms with Gasteiger partial charge in [-0.15, -0.1) is 11.3 Å². The summed E-state index contributed by atoms with van der Waals surface area (Å²) < 4.78 is 33.8. The highest BCUT2D eigenvalue weighted by Gasteiger charge is 2.29. The number of hydrogen-bond acceptors (Lipinski definition) is 6. The van der Waals surface area contributed by atoms with E-state index < -0.39 is 28.4 Å². The number of methoxy groups -OCH3 is 1. The Bertz CT molecular complexity index is 1560. The number of sulfonamides is 1. The van der Waals surface area contributed by atoms with E-state index in [1.165, 1.54) is 36.6 Å². The Labute approximate surface area is 228 Å². The summed E-state index contributed by atoms with van der Waals surface area (Å²) in [5.41, 5.74) is 1.39. The third kappa shape index (κ3) is 6.49. The van der Waals surface area contributed by atoms with Crippen molar-refractivity contribution >= 4 is 72.2 Å². The molecule has 11 heteroatoms. The van der Waals surface area contributed by atoms with Crippen LogP contribution in [0.15, 0.2) is 77.7 Å². The third-order valence-electron chi connectivity index (χ3n) is 5.51. The molecule has 7 nitrogen and oxygen atoms in total. The van der Waals surface area contributed by atoms with Crippen molar-refractivity contribution in [3.05, 3.63) is 93.3 Å². The molecule has 0 unspecified atom stereocenters. The van der Waals surface area contributed by atoms with Gasteiger partial charge in [0.2, 0.25) is 15.9 Å². The van der Waals surface area contributed by atoms with Gasteiger partial charge in [0.25, 0.3) is 0 Å². The van der Waals surface area contributed by atoms with Crippen LogP contribution in [0.3, 0.4) is 0 Å². The molecule has 192 valence electrons. The number of nitrogens with one attached hydrogen (secondary N) is 1. The molecule has 0 aliphatic heterocycles. The molecule has 3 aromatic carbocycles. The molecular weight excluding hydrogens is 555 g/mol. The fourth-order valence-electron chi connectivity index (χ4n) is 3.68. The van der Waals surface area contributed by atoms with E-state index in [9.17, 15) is 18.0 Å². The van der Waals surface area contributed by atoms with Crippen molar-refractivity contribution < 1.29 is 22.7 Å². The van der Waals surface area contributed by atoms with Crippen LogP contribution in [0.5, 0.6) is 0 Å². The molecule has 0 bridgehead atoms. The molecule has 1 aromatic heterocycles. The van der Waals surface area contributed by atoms with Crippen LogP contribution in [0.2, 0.25) is 10.0 Å². The van der Waals surface area contributed by atoms with Crippen LogP contribution < -0.4 is 5.32 Å². The molecule has 0 aliphatic rings. The summed E-state index contributed by atoms with van der Waals surface area (Å²) in [4.78, 5) is 25.1. The number of ether oxygens (including phenoxy) is 1.